The molecule has 3 aromatic rings. The summed E-state index contributed by atoms with van der Waals surface area (Å²) in [7, 11) is 0. The number of aromatic amines is 1. The fourth-order valence-corrected chi connectivity index (χ4v) is 4.82. The van der Waals surface area contributed by atoms with Crippen molar-refractivity contribution < 1.29 is 14.1 Å². The number of rotatable bonds is 4. The number of likely N-dealkylation sites (tertiary alicyclic amines) is 1. The highest BCUT2D eigenvalue weighted by atomic mass is 16.5. The molecule has 5 rings (SSSR count). The van der Waals surface area contributed by atoms with E-state index in [0.717, 1.165) is 61.7 Å². The highest BCUT2D eigenvalue weighted by Crippen LogP contribution is 2.31. The van der Waals surface area contributed by atoms with Crippen molar-refractivity contribution in [3.05, 3.63) is 41.9 Å². The summed E-state index contributed by atoms with van der Waals surface area (Å²) < 4.78 is 5.35. The monoisotopic (exact) mass is 421 g/mol. The summed E-state index contributed by atoms with van der Waals surface area (Å²) in [5, 5.41) is 14.9. The van der Waals surface area contributed by atoms with Gasteiger partial charge in [0.1, 0.15) is 0 Å². The van der Waals surface area contributed by atoms with E-state index in [2.05, 4.69) is 20.7 Å². The normalized spacial score (nSPS) is 20.1. The second kappa shape index (κ2) is 8.53. The van der Waals surface area contributed by atoms with E-state index >= 15 is 0 Å². The van der Waals surface area contributed by atoms with E-state index < -0.39 is 0 Å². The minimum atomic E-state index is -0.344. The summed E-state index contributed by atoms with van der Waals surface area (Å²) in [5.74, 6) is 0.408. The summed E-state index contributed by atoms with van der Waals surface area (Å²) in [5.41, 5.74) is 2.25. The molecule has 162 valence electrons. The first-order valence-electron chi connectivity index (χ1n) is 11.2. The van der Waals surface area contributed by atoms with Crippen LogP contribution in [0.4, 0.5) is 5.69 Å². The molecular weight excluding hydrogens is 394 g/mol. The standard InChI is InChI=1S/C23H27N5O3/c29-22(25-18-9-8-16-13-24-26-19(16)11-18)21-12-20(27-31-21)17-7-4-10-28(14-17)23(30)15-5-2-1-3-6-15/h8-9,11-13,15,17H,1-7,10,14H2,(H,24,26)(H,25,29)/t17-/m0/s1. The van der Waals surface area contributed by atoms with Gasteiger partial charge < -0.3 is 14.7 Å². The summed E-state index contributed by atoms with van der Waals surface area (Å²) >= 11 is 0. The molecule has 2 aromatic heterocycles. The number of carbonyl (C=O) groups excluding carboxylic acids is 2. The Morgan fingerprint density at radius 1 is 1.10 bits per heavy atom. The van der Waals surface area contributed by atoms with Gasteiger partial charge in [-0.1, -0.05) is 24.4 Å². The Kier molecular flexibility index (Phi) is 5.44. The smallest absolute Gasteiger partial charge is 0.294 e. The highest BCUT2D eigenvalue weighted by molar-refractivity contribution is 6.03. The molecule has 2 N–H and O–H groups in total. The lowest BCUT2D eigenvalue weighted by Crippen LogP contribution is -2.42. The molecule has 0 bridgehead atoms. The highest BCUT2D eigenvalue weighted by Gasteiger charge is 2.31. The lowest BCUT2D eigenvalue weighted by Gasteiger charge is -2.35. The average Bonchev–Trinajstić information content (AvgIpc) is 3.49. The molecular formula is C23H27N5O3. The van der Waals surface area contributed by atoms with Crippen LogP contribution in [0.2, 0.25) is 0 Å². The van der Waals surface area contributed by atoms with Gasteiger partial charge in [-0.2, -0.15) is 5.10 Å². The van der Waals surface area contributed by atoms with Gasteiger partial charge in [0.2, 0.25) is 11.7 Å². The van der Waals surface area contributed by atoms with Gasteiger partial charge in [0.15, 0.2) is 0 Å². The molecule has 1 aromatic carbocycles. The second-order valence-electron chi connectivity index (χ2n) is 8.70. The van der Waals surface area contributed by atoms with Gasteiger partial charge in [0, 0.05) is 42.1 Å². The van der Waals surface area contributed by atoms with Crippen LogP contribution in [0, 0.1) is 5.92 Å². The summed E-state index contributed by atoms with van der Waals surface area (Å²) in [6.07, 6.45) is 9.20. The van der Waals surface area contributed by atoms with E-state index in [1.807, 2.05) is 23.1 Å². The number of aromatic nitrogens is 3. The number of piperidine rings is 1. The zero-order valence-electron chi connectivity index (χ0n) is 17.5. The number of fused-ring (bicyclic) bond motifs is 1. The molecule has 0 unspecified atom stereocenters. The molecule has 8 heteroatoms. The van der Waals surface area contributed by atoms with Crippen LogP contribution < -0.4 is 5.32 Å². The van der Waals surface area contributed by atoms with Crippen molar-refractivity contribution in [2.45, 2.75) is 50.9 Å². The van der Waals surface area contributed by atoms with Crippen LogP contribution >= 0.6 is 0 Å². The number of nitrogens with one attached hydrogen (secondary N) is 2. The van der Waals surface area contributed by atoms with E-state index in [4.69, 9.17) is 4.52 Å². The van der Waals surface area contributed by atoms with Crippen LogP contribution in [0.25, 0.3) is 10.9 Å². The molecule has 0 radical (unpaired) electrons. The molecule has 2 amide bonds. The maximum Gasteiger partial charge on any atom is 0.294 e. The lowest BCUT2D eigenvalue weighted by molar-refractivity contribution is -0.137. The number of carbonyl (C=O) groups is 2. The first kappa shape index (κ1) is 19.8. The number of nitrogens with zero attached hydrogens (tertiary/aromatic N) is 3. The molecule has 1 atom stereocenters. The van der Waals surface area contributed by atoms with Gasteiger partial charge in [-0.05, 0) is 43.9 Å². The topological polar surface area (TPSA) is 104 Å². The van der Waals surface area contributed by atoms with Crippen molar-refractivity contribution in [1.82, 2.24) is 20.3 Å². The van der Waals surface area contributed by atoms with Crippen molar-refractivity contribution in [3.63, 3.8) is 0 Å². The van der Waals surface area contributed by atoms with Crippen LogP contribution in [-0.2, 0) is 4.79 Å². The first-order chi connectivity index (χ1) is 15.2. The SMILES string of the molecule is O=C(Nc1ccc2cn[nH]c2c1)c1cc([C@H]2CCCN(C(=O)C3CCCCC3)C2)no1. The molecule has 1 saturated heterocycles. The molecule has 1 aliphatic carbocycles. The van der Waals surface area contributed by atoms with E-state index in [9.17, 15) is 9.59 Å². The Hall–Kier alpha value is -3.16. The Morgan fingerprint density at radius 3 is 2.84 bits per heavy atom. The largest absolute Gasteiger partial charge is 0.351 e. The third kappa shape index (κ3) is 4.19. The average molecular weight is 422 g/mol. The second-order valence-corrected chi connectivity index (χ2v) is 8.70. The molecule has 31 heavy (non-hydrogen) atoms. The van der Waals surface area contributed by atoms with Crippen LogP contribution in [0.5, 0.6) is 0 Å². The zero-order chi connectivity index (χ0) is 21.2. The third-order valence-corrected chi connectivity index (χ3v) is 6.56. The number of anilines is 1. The van der Waals surface area contributed by atoms with Crippen LogP contribution in [0.15, 0.2) is 35.0 Å². The van der Waals surface area contributed by atoms with E-state index in [-0.39, 0.29) is 23.5 Å². The van der Waals surface area contributed by atoms with Crippen LogP contribution in [-0.4, -0.2) is 45.2 Å². The Balaban J connectivity index is 1.23. The fourth-order valence-electron chi connectivity index (χ4n) is 4.82. The van der Waals surface area contributed by atoms with Gasteiger partial charge in [-0.3, -0.25) is 14.7 Å². The van der Waals surface area contributed by atoms with Gasteiger partial charge in [-0.15, -0.1) is 0 Å². The zero-order valence-corrected chi connectivity index (χ0v) is 17.5. The number of benzene rings is 1. The Bertz CT molecular complexity index is 1080. The quantitative estimate of drug-likeness (QED) is 0.660. The number of H-pyrrole nitrogens is 1. The first-order valence-corrected chi connectivity index (χ1v) is 11.2. The summed E-state index contributed by atoms with van der Waals surface area (Å²) in [6.45, 7) is 1.46. The van der Waals surface area contributed by atoms with Crippen molar-refractivity contribution >= 4 is 28.4 Å². The van der Waals surface area contributed by atoms with Crippen molar-refractivity contribution in [1.29, 1.82) is 0 Å². The minimum absolute atomic E-state index is 0.105. The summed E-state index contributed by atoms with van der Waals surface area (Å²) in [6, 6.07) is 7.25. The Morgan fingerprint density at radius 2 is 1.97 bits per heavy atom. The number of hydrogen-bond donors (Lipinski definition) is 2. The molecule has 2 aliphatic rings. The molecule has 1 saturated carbocycles. The number of hydrogen-bond acceptors (Lipinski definition) is 5. The molecule has 0 spiro atoms. The summed E-state index contributed by atoms with van der Waals surface area (Å²) in [4.78, 5) is 27.6. The molecule has 1 aliphatic heterocycles. The predicted octanol–water partition coefficient (Wildman–Crippen LogP) is 4.09. The minimum Gasteiger partial charge on any atom is -0.351 e. The maximum absolute atomic E-state index is 12.9. The maximum atomic E-state index is 12.9. The van der Waals surface area contributed by atoms with Crippen LogP contribution in [0.3, 0.4) is 0 Å². The van der Waals surface area contributed by atoms with Crippen molar-refractivity contribution in [2.75, 3.05) is 18.4 Å². The lowest BCUT2D eigenvalue weighted by atomic mass is 9.87. The van der Waals surface area contributed by atoms with Gasteiger partial charge in [0.25, 0.3) is 5.91 Å². The van der Waals surface area contributed by atoms with Gasteiger partial charge in [0.05, 0.1) is 17.4 Å². The van der Waals surface area contributed by atoms with Gasteiger partial charge in [-0.25, -0.2) is 0 Å². The predicted molar refractivity (Wildman–Crippen MR) is 116 cm³/mol. The fraction of sp³-hybridized carbons (Fsp3) is 0.478. The van der Waals surface area contributed by atoms with E-state index in [1.54, 1.807) is 12.3 Å². The van der Waals surface area contributed by atoms with Crippen molar-refractivity contribution in [3.8, 4) is 0 Å². The number of amides is 2. The molecule has 3 heterocycles. The molecule has 8 nitrogen and oxygen atoms in total. The third-order valence-electron chi connectivity index (χ3n) is 6.56. The van der Waals surface area contributed by atoms with E-state index in [1.165, 1.54) is 6.42 Å². The van der Waals surface area contributed by atoms with Crippen molar-refractivity contribution in [2.24, 2.45) is 5.92 Å². The van der Waals surface area contributed by atoms with Gasteiger partial charge >= 0.3 is 0 Å². The van der Waals surface area contributed by atoms with Crippen LogP contribution in [0.1, 0.15) is 67.1 Å². The van der Waals surface area contributed by atoms with E-state index in [0.29, 0.717) is 18.1 Å². The molecule has 2 fully saturated rings. The Labute approximate surface area is 180 Å².